The summed E-state index contributed by atoms with van der Waals surface area (Å²) in [6.07, 6.45) is 1.90. The van der Waals surface area contributed by atoms with E-state index >= 15 is 0 Å². The van der Waals surface area contributed by atoms with Gasteiger partial charge in [0.05, 0.1) is 25.5 Å². The lowest BCUT2D eigenvalue weighted by Gasteiger charge is -2.32. The zero-order valence-electron chi connectivity index (χ0n) is 19.4. The number of amides is 3. The number of likely N-dealkylation sites (tertiary alicyclic amines) is 1. The number of ether oxygens (including phenoxy) is 1. The van der Waals surface area contributed by atoms with Crippen molar-refractivity contribution in [2.75, 3.05) is 44.2 Å². The predicted octanol–water partition coefficient (Wildman–Crippen LogP) is 1.95. The molecule has 8 nitrogen and oxygen atoms in total. The average molecular weight is 465 g/mol. The third-order valence-electron chi connectivity index (χ3n) is 6.28. The molecule has 34 heavy (non-hydrogen) atoms. The Kier molecular flexibility index (Phi) is 8.01. The number of hydrogen-bond donors (Lipinski definition) is 2. The van der Waals surface area contributed by atoms with E-state index in [0.717, 1.165) is 36.4 Å². The quantitative estimate of drug-likeness (QED) is 0.623. The number of anilines is 1. The maximum atomic E-state index is 12.8. The van der Waals surface area contributed by atoms with Crippen molar-refractivity contribution >= 4 is 23.4 Å². The fourth-order valence-corrected chi connectivity index (χ4v) is 4.37. The van der Waals surface area contributed by atoms with Crippen molar-refractivity contribution < 1.29 is 19.1 Å². The van der Waals surface area contributed by atoms with Gasteiger partial charge in [0.1, 0.15) is 5.75 Å². The zero-order chi connectivity index (χ0) is 23.8. The van der Waals surface area contributed by atoms with Crippen molar-refractivity contribution in [2.45, 2.75) is 25.8 Å². The van der Waals surface area contributed by atoms with E-state index in [0.29, 0.717) is 45.8 Å². The summed E-state index contributed by atoms with van der Waals surface area (Å²) in [7, 11) is 0. The molecule has 0 radical (unpaired) electrons. The largest absolute Gasteiger partial charge is 0.493 e. The van der Waals surface area contributed by atoms with E-state index in [1.807, 2.05) is 59.5 Å². The SMILES string of the molecule is O=C1CN(c2ccc(CNC(=O)C3CCCN(C(=O)CCOc4ccccc4)C3)cc2)CCN1. The lowest BCUT2D eigenvalue weighted by atomic mass is 9.96. The molecule has 2 saturated heterocycles. The van der Waals surface area contributed by atoms with Crippen LogP contribution in [-0.2, 0) is 20.9 Å². The molecule has 2 aliphatic heterocycles. The van der Waals surface area contributed by atoms with E-state index in [9.17, 15) is 14.4 Å². The van der Waals surface area contributed by atoms with Gasteiger partial charge in [0, 0.05) is 38.4 Å². The van der Waals surface area contributed by atoms with Crippen molar-refractivity contribution in [3.63, 3.8) is 0 Å². The fourth-order valence-electron chi connectivity index (χ4n) is 4.37. The smallest absolute Gasteiger partial charge is 0.239 e. The van der Waals surface area contributed by atoms with Crippen LogP contribution in [0.15, 0.2) is 54.6 Å². The summed E-state index contributed by atoms with van der Waals surface area (Å²) >= 11 is 0. The Bertz CT molecular complexity index is 980. The molecule has 1 atom stereocenters. The van der Waals surface area contributed by atoms with Crippen LogP contribution in [0.3, 0.4) is 0 Å². The monoisotopic (exact) mass is 464 g/mol. The molecule has 0 bridgehead atoms. The van der Waals surface area contributed by atoms with Crippen LogP contribution in [0.25, 0.3) is 0 Å². The highest BCUT2D eigenvalue weighted by atomic mass is 16.5. The van der Waals surface area contributed by atoms with Crippen LogP contribution < -0.4 is 20.3 Å². The highest BCUT2D eigenvalue weighted by Crippen LogP contribution is 2.19. The van der Waals surface area contributed by atoms with Gasteiger partial charge >= 0.3 is 0 Å². The van der Waals surface area contributed by atoms with Crippen LogP contribution in [-0.4, -0.2) is 62.0 Å². The number of benzene rings is 2. The van der Waals surface area contributed by atoms with E-state index in [4.69, 9.17) is 4.74 Å². The van der Waals surface area contributed by atoms with Gasteiger partial charge in [0.2, 0.25) is 17.7 Å². The normalized spacial score (nSPS) is 18.2. The summed E-state index contributed by atoms with van der Waals surface area (Å²) in [5.74, 6) is 0.594. The first-order valence-electron chi connectivity index (χ1n) is 11.9. The maximum absolute atomic E-state index is 12.8. The highest BCUT2D eigenvalue weighted by Gasteiger charge is 2.28. The van der Waals surface area contributed by atoms with Crippen molar-refractivity contribution in [3.8, 4) is 5.75 Å². The van der Waals surface area contributed by atoms with Gasteiger partial charge in [-0.3, -0.25) is 14.4 Å². The van der Waals surface area contributed by atoms with Gasteiger partial charge < -0.3 is 25.2 Å². The molecule has 8 heteroatoms. The number of para-hydroxylation sites is 1. The number of piperazine rings is 1. The number of hydrogen-bond acceptors (Lipinski definition) is 5. The van der Waals surface area contributed by atoms with Gasteiger partial charge in [0.25, 0.3) is 0 Å². The second-order valence-electron chi connectivity index (χ2n) is 8.75. The third-order valence-corrected chi connectivity index (χ3v) is 6.28. The van der Waals surface area contributed by atoms with Crippen molar-refractivity contribution in [3.05, 3.63) is 60.2 Å². The minimum Gasteiger partial charge on any atom is -0.493 e. The van der Waals surface area contributed by atoms with Gasteiger partial charge in [-0.15, -0.1) is 0 Å². The number of nitrogens with zero attached hydrogens (tertiary/aromatic N) is 2. The van der Waals surface area contributed by atoms with Gasteiger partial charge in [-0.05, 0) is 42.7 Å². The van der Waals surface area contributed by atoms with Crippen LogP contribution in [0, 0.1) is 5.92 Å². The molecule has 0 aliphatic carbocycles. The Morgan fingerprint density at radius 1 is 1.06 bits per heavy atom. The topological polar surface area (TPSA) is 91.0 Å². The number of nitrogens with one attached hydrogen (secondary N) is 2. The molecule has 1 unspecified atom stereocenters. The molecule has 2 aromatic rings. The predicted molar refractivity (Wildman–Crippen MR) is 129 cm³/mol. The number of carbonyl (C=O) groups is 3. The minimum atomic E-state index is -0.195. The summed E-state index contributed by atoms with van der Waals surface area (Å²) in [6, 6.07) is 17.4. The van der Waals surface area contributed by atoms with Crippen molar-refractivity contribution in [1.29, 1.82) is 0 Å². The first kappa shape index (κ1) is 23.6. The summed E-state index contributed by atoms with van der Waals surface area (Å²) in [4.78, 5) is 40.8. The van der Waals surface area contributed by atoms with Gasteiger partial charge in [0.15, 0.2) is 0 Å². The minimum absolute atomic E-state index is 0.0187. The van der Waals surface area contributed by atoms with Crippen molar-refractivity contribution in [2.24, 2.45) is 5.92 Å². The first-order chi connectivity index (χ1) is 16.6. The average Bonchev–Trinajstić information content (AvgIpc) is 2.88. The van der Waals surface area contributed by atoms with Crippen LogP contribution in [0.4, 0.5) is 5.69 Å². The first-order valence-corrected chi connectivity index (χ1v) is 11.9. The summed E-state index contributed by atoms with van der Waals surface area (Å²) in [5, 5.41) is 5.84. The molecule has 3 amide bonds. The van der Waals surface area contributed by atoms with E-state index in [1.54, 1.807) is 4.90 Å². The van der Waals surface area contributed by atoms with E-state index in [2.05, 4.69) is 10.6 Å². The molecule has 2 fully saturated rings. The van der Waals surface area contributed by atoms with Crippen molar-refractivity contribution in [1.82, 2.24) is 15.5 Å². The lowest BCUT2D eigenvalue weighted by Crippen LogP contribution is -2.47. The molecule has 2 N–H and O–H groups in total. The maximum Gasteiger partial charge on any atom is 0.239 e. The molecular formula is C26H32N4O4. The number of rotatable bonds is 8. The van der Waals surface area contributed by atoms with Gasteiger partial charge in [-0.1, -0.05) is 30.3 Å². The molecule has 2 heterocycles. The van der Waals surface area contributed by atoms with Crippen LogP contribution in [0.5, 0.6) is 5.75 Å². The summed E-state index contributed by atoms with van der Waals surface area (Å²) in [6.45, 7) is 3.71. The standard InChI is InChI=1S/C26H32N4O4/c31-24-19-29(15-13-27-24)22-10-8-20(9-11-22)17-28-26(33)21-5-4-14-30(18-21)25(32)12-16-34-23-6-2-1-3-7-23/h1-3,6-11,21H,4-5,12-19H2,(H,27,31)(H,28,33). The molecule has 180 valence electrons. The van der Waals surface area contributed by atoms with Crippen LogP contribution >= 0.6 is 0 Å². The highest BCUT2D eigenvalue weighted by molar-refractivity contribution is 5.83. The Hall–Kier alpha value is -3.55. The van der Waals surface area contributed by atoms with Gasteiger partial charge in [-0.2, -0.15) is 0 Å². The second kappa shape index (κ2) is 11.5. The number of carbonyl (C=O) groups excluding carboxylic acids is 3. The zero-order valence-corrected chi connectivity index (χ0v) is 19.4. The number of piperidine rings is 1. The summed E-state index contributed by atoms with van der Waals surface area (Å²) in [5.41, 5.74) is 2.00. The fraction of sp³-hybridized carbons (Fsp3) is 0.423. The molecule has 2 aliphatic rings. The van der Waals surface area contributed by atoms with E-state index in [1.165, 1.54) is 0 Å². The van der Waals surface area contributed by atoms with Crippen LogP contribution in [0.1, 0.15) is 24.8 Å². The molecule has 0 aromatic heterocycles. The Morgan fingerprint density at radius 2 is 1.85 bits per heavy atom. The Labute approximate surface area is 200 Å². The summed E-state index contributed by atoms with van der Waals surface area (Å²) < 4.78 is 5.63. The lowest BCUT2D eigenvalue weighted by molar-refractivity contribution is -0.136. The van der Waals surface area contributed by atoms with E-state index in [-0.39, 0.29) is 23.6 Å². The third kappa shape index (κ3) is 6.50. The van der Waals surface area contributed by atoms with Crippen LogP contribution in [0.2, 0.25) is 0 Å². The Balaban J connectivity index is 1.20. The van der Waals surface area contributed by atoms with E-state index < -0.39 is 0 Å². The molecule has 4 rings (SSSR count). The molecule has 0 spiro atoms. The molecule has 2 aromatic carbocycles. The molecular weight excluding hydrogens is 432 g/mol. The second-order valence-corrected chi connectivity index (χ2v) is 8.75. The molecule has 0 saturated carbocycles. The van der Waals surface area contributed by atoms with Gasteiger partial charge in [-0.25, -0.2) is 0 Å². The Morgan fingerprint density at radius 3 is 2.62 bits per heavy atom.